The molecule has 0 spiro atoms. The van der Waals surface area contributed by atoms with Gasteiger partial charge in [0.05, 0.1) is 16.2 Å². The summed E-state index contributed by atoms with van der Waals surface area (Å²) in [4.78, 5) is 15.1. The summed E-state index contributed by atoms with van der Waals surface area (Å²) in [7, 11) is 0. The number of aromatic nitrogens is 1. The minimum atomic E-state index is -0.494. The third-order valence-electron chi connectivity index (χ3n) is 3.67. The van der Waals surface area contributed by atoms with Crippen LogP contribution in [-0.4, -0.2) is 9.91 Å². The van der Waals surface area contributed by atoms with E-state index in [1.54, 1.807) is 48.5 Å². The van der Waals surface area contributed by atoms with Gasteiger partial charge in [0.2, 0.25) is 0 Å². The van der Waals surface area contributed by atoms with Crippen molar-refractivity contribution in [2.24, 2.45) is 0 Å². The Morgan fingerprint density at radius 3 is 2.56 bits per heavy atom. The van der Waals surface area contributed by atoms with E-state index in [2.05, 4.69) is 4.98 Å². The van der Waals surface area contributed by atoms with E-state index in [4.69, 9.17) is 17.3 Å². The average Bonchev–Trinajstić information content (AvgIpc) is 2.61. The van der Waals surface area contributed by atoms with Gasteiger partial charge in [0.1, 0.15) is 17.5 Å². The second kappa shape index (κ2) is 6.59. The average molecular weight is 351 g/mol. The number of nitriles is 1. The first-order chi connectivity index (χ1) is 12.0. The maximum Gasteiger partial charge on any atom is 0.277 e. The normalized spacial score (nSPS) is 10.2. The molecule has 6 nitrogen and oxygen atoms in total. The van der Waals surface area contributed by atoms with Crippen LogP contribution in [0.4, 0.5) is 11.5 Å². The van der Waals surface area contributed by atoms with Crippen molar-refractivity contribution >= 4 is 23.1 Å². The maximum absolute atomic E-state index is 11.3. The van der Waals surface area contributed by atoms with Crippen molar-refractivity contribution in [2.75, 3.05) is 5.73 Å². The van der Waals surface area contributed by atoms with Gasteiger partial charge in [-0.2, -0.15) is 5.26 Å². The number of nitro groups is 1. The highest BCUT2D eigenvalue weighted by molar-refractivity contribution is 6.30. The van der Waals surface area contributed by atoms with Gasteiger partial charge in [-0.3, -0.25) is 10.1 Å². The molecule has 0 amide bonds. The first kappa shape index (κ1) is 16.4. The minimum Gasteiger partial charge on any atom is -0.383 e. The second-order valence-corrected chi connectivity index (χ2v) is 5.65. The van der Waals surface area contributed by atoms with Gasteiger partial charge in [-0.1, -0.05) is 35.9 Å². The van der Waals surface area contributed by atoms with Crippen molar-refractivity contribution < 1.29 is 4.92 Å². The monoisotopic (exact) mass is 350 g/mol. The van der Waals surface area contributed by atoms with Crippen molar-refractivity contribution in [1.29, 1.82) is 5.26 Å². The van der Waals surface area contributed by atoms with E-state index in [1.807, 2.05) is 6.07 Å². The molecule has 0 radical (unpaired) electrons. The van der Waals surface area contributed by atoms with Crippen LogP contribution in [0.5, 0.6) is 0 Å². The van der Waals surface area contributed by atoms with E-state index in [-0.39, 0.29) is 17.1 Å². The molecular formula is C18H11ClN4O2. The van der Waals surface area contributed by atoms with Crippen LogP contribution in [0.2, 0.25) is 5.02 Å². The molecule has 0 unspecified atom stereocenters. The number of nitrogens with zero attached hydrogens (tertiary/aromatic N) is 3. The van der Waals surface area contributed by atoms with Crippen LogP contribution in [0, 0.1) is 21.4 Å². The molecule has 3 aromatic rings. The number of pyridine rings is 1. The zero-order chi connectivity index (χ0) is 18.0. The zero-order valence-corrected chi connectivity index (χ0v) is 13.6. The van der Waals surface area contributed by atoms with Crippen molar-refractivity contribution in [3.05, 3.63) is 75.3 Å². The second-order valence-electron chi connectivity index (χ2n) is 5.21. The summed E-state index contributed by atoms with van der Waals surface area (Å²) in [5.74, 6) is 0.00752. The number of benzene rings is 2. The van der Waals surface area contributed by atoms with Gasteiger partial charge in [0.25, 0.3) is 5.69 Å². The van der Waals surface area contributed by atoms with Gasteiger partial charge in [-0.05, 0) is 24.3 Å². The van der Waals surface area contributed by atoms with E-state index in [1.165, 1.54) is 6.07 Å². The summed E-state index contributed by atoms with van der Waals surface area (Å²) in [6.07, 6.45) is 0. The lowest BCUT2D eigenvalue weighted by molar-refractivity contribution is -0.384. The van der Waals surface area contributed by atoms with Crippen LogP contribution >= 0.6 is 11.6 Å². The summed E-state index contributed by atoms with van der Waals surface area (Å²) < 4.78 is 0. The summed E-state index contributed by atoms with van der Waals surface area (Å²) in [6.45, 7) is 0. The lowest BCUT2D eigenvalue weighted by atomic mass is 9.97. The van der Waals surface area contributed by atoms with Gasteiger partial charge < -0.3 is 5.73 Å². The molecule has 2 aromatic carbocycles. The fraction of sp³-hybridized carbons (Fsp3) is 0. The largest absolute Gasteiger partial charge is 0.383 e. The van der Waals surface area contributed by atoms with Gasteiger partial charge in [0.15, 0.2) is 0 Å². The number of hydrogen-bond donors (Lipinski definition) is 1. The third-order valence-corrected chi connectivity index (χ3v) is 3.91. The molecule has 0 saturated heterocycles. The van der Waals surface area contributed by atoms with Crippen LogP contribution in [0.1, 0.15) is 5.56 Å². The Bertz CT molecular complexity index is 1030. The highest BCUT2D eigenvalue weighted by Gasteiger charge is 2.20. The first-order valence-electron chi connectivity index (χ1n) is 7.21. The SMILES string of the molecule is N#Cc1c(-c2ccccc2[N+](=O)[O-])cc(-c2cccc(Cl)c2)nc1N. The fourth-order valence-corrected chi connectivity index (χ4v) is 2.74. The molecule has 0 atom stereocenters. The zero-order valence-electron chi connectivity index (χ0n) is 12.8. The van der Waals surface area contributed by atoms with E-state index in [0.717, 1.165) is 0 Å². The van der Waals surface area contributed by atoms with Crippen LogP contribution in [-0.2, 0) is 0 Å². The van der Waals surface area contributed by atoms with Crippen molar-refractivity contribution in [3.8, 4) is 28.5 Å². The van der Waals surface area contributed by atoms with E-state index in [0.29, 0.717) is 27.4 Å². The van der Waals surface area contributed by atoms with E-state index in [9.17, 15) is 15.4 Å². The quantitative estimate of drug-likeness (QED) is 0.555. The minimum absolute atomic E-state index is 0.00752. The van der Waals surface area contributed by atoms with Gasteiger partial charge in [-0.15, -0.1) is 0 Å². The summed E-state index contributed by atoms with van der Waals surface area (Å²) in [5, 5.41) is 21.3. The van der Waals surface area contributed by atoms with Crippen LogP contribution < -0.4 is 5.73 Å². The number of rotatable bonds is 3. The molecule has 0 saturated carbocycles. The Morgan fingerprint density at radius 1 is 1.12 bits per heavy atom. The van der Waals surface area contributed by atoms with Gasteiger partial charge in [-0.25, -0.2) is 4.98 Å². The standard InChI is InChI=1S/C18H11ClN4O2/c19-12-5-3-4-11(8-12)16-9-14(15(10-20)18(21)22-16)13-6-1-2-7-17(13)23(24)25/h1-9H,(H2,21,22). The Labute approximate surface area is 148 Å². The molecule has 1 aromatic heterocycles. The van der Waals surface area contributed by atoms with Crippen LogP contribution in [0.15, 0.2) is 54.6 Å². The molecule has 2 N–H and O–H groups in total. The van der Waals surface area contributed by atoms with Gasteiger partial charge in [0, 0.05) is 22.2 Å². The van der Waals surface area contributed by atoms with E-state index >= 15 is 0 Å². The molecule has 122 valence electrons. The summed E-state index contributed by atoms with van der Waals surface area (Å²) >= 11 is 6.02. The number of anilines is 1. The molecular weight excluding hydrogens is 340 g/mol. The highest BCUT2D eigenvalue weighted by atomic mass is 35.5. The highest BCUT2D eigenvalue weighted by Crippen LogP contribution is 2.36. The predicted molar refractivity (Wildman–Crippen MR) is 95.9 cm³/mol. The number of para-hydroxylation sites is 1. The number of nitro benzene ring substituents is 1. The topological polar surface area (TPSA) is 106 Å². The number of nitrogen functional groups attached to an aromatic ring is 1. The molecule has 0 aliphatic heterocycles. The predicted octanol–water partition coefficient (Wildman–Crippen LogP) is 4.43. The maximum atomic E-state index is 11.3. The first-order valence-corrected chi connectivity index (χ1v) is 7.59. The molecule has 3 rings (SSSR count). The molecule has 7 heteroatoms. The Hall–Kier alpha value is -3.43. The van der Waals surface area contributed by atoms with Crippen LogP contribution in [0.25, 0.3) is 22.4 Å². The Morgan fingerprint density at radius 2 is 1.88 bits per heavy atom. The van der Waals surface area contributed by atoms with E-state index < -0.39 is 4.92 Å². The lowest BCUT2D eigenvalue weighted by Crippen LogP contribution is -2.01. The van der Waals surface area contributed by atoms with Crippen molar-refractivity contribution in [2.45, 2.75) is 0 Å². The van der Waals surface area contributed by atoms with Gasteiger partial charge >= 0.3 is 0 Å². The van der Waals surface area contributed by atoms with Crippen molar-refractivity contribution in [3.63, 3.8) is 0 Å². The number of hydrogen-bond acceptors (Lipinski definition) is 5. The molecule has 0 aliphatic carbocycles. The molecule has 1 heterocycles. The third kappa shape index (κ3) is 3.13. The number of halogens is 1. The van der Waals surface area contributed by atoms with Crippen molar-refractivity contribution in [1.82, 2.24) is 4.98 Å². The number of nitrogens with two attached hydrogens (primary N) is 1. The molecule has 0 fully saturated rings. The Kier molecular flexibility index (Phi) is 4.33. The fourth-order valence-electron chi connectivity index (χ4n) is 2.55. The summed E-state index contributed by atoms with van der Waals surface area (Å²) in [5.41, 5.74) is 7.76. The Balaban J connectivity index is 2.30. The molecule has 0 aliphatic rings. The summed E-state index contributed by atoms with van der Waals surface area (Å²) in [6, 6.07) is 16.8. The smallest absolute Gasteiger partial charge is 0.277 e. The van der Waals surface area contributed by atoms with Crippen LogP contribution in [0.3, 0.4) is 0 Å². The molecule has 0 bridgehead atoms. The molecule has 25 heavy (non-hydrogen) atoms. The lowest BCUT2D eigenvalue weighted by Gasteiger charge is -2.10.